The number of carbonyl (C=O) groups is 1. The van der Waals surface area contributed by atoms with Gasteiger partial charge < -0.3 is 10.1 Å². The Hall–Kier alpha value is -1.08. The molecule has 0 radical (unpaired) electrons. The molecule has 2 aromatic rings. The summed E-state index contributed by atoms with van der Waals surface area (Å²) >= 11 is 8.37. The Morgan fingerprint density at radius 2 is 2.36 bits per heavy atom. The van der Waals surface area contributed by atoms with Crippen molar-refractivity contribution in [1.82, 2.24) is 10.3 Å². The van der Waals surface area contributed by atoms with E-state index in [1.807, 2.05) is 25.1 Å². The molecule has 1 amide bonds. The van der Waals surface area contributed by atoms with Gasteiger partial charge in [-0.25, -0.2) is 0 Å². The van der Waals surface area contributed by atoms with E-state index in [1.54, 1.807) is 6.20 Å². The third-order valence-electron chi connectivity index (χ3n) is 3.82. The van der Waals surface area contributed by atoms with Crippen LogP contribution in [0, 0.1) is 9.49 Å². The van der Waals surface area contributed by atoms with Gasteiger partial charge in [0.1, 0.15) is 5.52 Å². The molecule has 1 saturated carbocycles. The summed E-state index contributed by atoms with van der Waals surface area (Å²) in [7, 11) is 0. The number of ether oxygens (including phenoxy) is 1. The predicted molar refractivity (Wildman–Crippen MR) is 95.3 cm³/mol. The molecule has 1 aromatic carbocycles. The summed E-state index contributed by atoms with van der Waals surface area (Å²) in [6.45, 7) is 2.03. The molecule has 1 heterocycles. The zero-order chi connectivity index (χ0) is 15.7. The zero-order valence-corrected chi connectivity index (χ0v) is 15.0. The van der Waals surface area contributed by atoms with Crippen molar-refractivity contribution in [2.24, 2.45) is 5.92 Å². The number of hydrogen-bond donors (Lipinski definition) is 1. The van der Waals surface area contributed by atoms with E-state index in [2.05, 4.69) is 32.9 Å². The lowest BCUT2D eigenvalue weighted by molar-refractivity contribution is -0.123. The first-order chi connectivity index (χ1) is 10.6. The Labute approximate surface area is 147 Å². The molecule has 1 aliphatic rings. The number of pyridine rings is 1. The van der Waals surface area contributed by atoms with Crippen LogP contribution in [0.5, 0.6) is 5.75 Å². The van der Waals surface area contributed by atoms with E-state index in [9.17, 15) is 4.79 Å². The lowest BCUT2D eigenvalue weighted by Crippen LogP contribution is -2.37. The molecule has 0 spiro atoms. The van der Waals surface area contributed by atoms with E-state index in [-0.39, 0.29) is 18.6 Å². The highest BCUT2D eigenvalue weighted by Crippen LogP contribution is 2.35. The average molecular weight is 431 g/mol. The number of hydrogen-bond acceptors (Lipinski definition) is 3. The molecule has 0 bridgehead atoms. The topological polar surface area (TPSA) is 51.2 Å². The number of rotatable bonds is 5. The molecule has 116 valence electrons. The van der Waals surface area contributed by atoms with Crippen LogP contribution in [0.3, 0.4) is 0 Å². The van der Waals surface area contributed by atoms with Crippen molar-refractivity contribution in [1.29, 1.82) is 0 Å². The Bertz CT molecular complexity index is 719. The minimum absolute atomic E-state index is 0.0135. The van der Waals surface area contributed by atoms with E-state index < -0.39 is 0 Å². The van der Waals surface area contributed by atoms with Gasteiger partial charge in [0.15, 0.2) is 12.4 Å². The van der Waals surface area contributed by atoms with E-state index in [1.165, 1.54) is 12.8 Å². The van der Waals surface area contributed by atoms with Crippen LogP contribution in [-0.4, -0.2) is 23.5 Å². The fraction of sp³-hybridized carbons (Fsp3) is 0.375. The second-order valence-electron chi connectivity index (χ2n) is 5.55. The monoisotopic (exact) mass is 430 g/mol. The van der Waals surface area contributed by atoms with Gasteiger partial charge in [-0.1, -0.05) is 11.6 Å². The number of amides is 1. The molecule has 22 heavy (non-hydrogen) atoms. The Morgan fingerprint density at radius 1 is 1.59 bits per heavy atom. The van der Waals surface area contributed by atoms with Crippen LogP contribution in [0.25, 0.3) is 10.9 Å². The lowest BCUT2D eigenvalue weighted by Gasteiger charge is -2.15. The molecular weight excluding hydrogens is 415 g/mol. The molecule has 0 saturated heterocycles. The SMILES string of the molecule is CC(NC(=O)COc1c(I)cc(Cl)c2cccnc12)C1CC1. The fourth-order valence-electron chi connectivity index (χ4n) is 2.43. The van der Waals surface area contributed by atoms with Crippen molar-refractivity contribution in [2.75, 3.05) is 6.61 Å². The zero-order valence-electron chi connectivity index (χ0n) is 12.1. The first-order valence-corrected chi connectivity index (χ1v) is 8.67. The van der Waals surface area contributed by atoms with Gasteiger partial charge in [0, 0.05) is 17.6 Å². The molecule has 4 nitrogen and oxygen atoms in total. The van der Waals surface area contributed by atoms with Gasteiger partial charge in [0.05, 0.1) is 8.59 Å². The van der Waals surface area contributed by atoms with Gasteiger partial charge in [-0.05, 0) is 66.5 Å². The Morgan fingerprint density at radius 3 is 3.09 bits per heavy atom. The minimum atomic E-state index is -0.103. The van der Waals surface area contributed by atoms with Crippen LogP contribution in [0.4, 0.5) is 0 Å². The Kier molecular flexibility index (Phi) is 4.73. The summed E-state index contributed by atoms with van der Waals surface area (Å²) in [5.74, 6) is 1.13. The van der Waals surface area contributed by atoms with Gasteiger partial charge in [-0.2, -0.15) is 0 Å². The van der Waals surface area contributed by atoms with Gasteiger partial charge in [0.25, 0.3) is 5.91 Å². The van der Waals surface area contributed by atoms with Crippen LogP contribution in [0.15, 0.2) is 24.4 Å². The first kappa shape index (κ1) is 15.8. The molecule has 1 aromatic heterocycles. The van der Waals surface area contributed by atoms with Crippen LogP contribution >= 0.6 is 34.2 Å². The highest BCUT2D eigenvalue weighted by Gasteiger charge is 2.29. The molecule has 6 heteroatoms. The second-order valence-corrected chi connectivity index (χ2v) is 7.12. The molecule has 1 atom stereocenters. The average Bonchev–Trinajstić information content (AvgIpc) is 3.31. The van der Waals surface area contributed by atoms with E-state index in [0.717, 1.165) is 8.96 Å². The van der Waals surface area contributed by atoms with Gasteiger partial charge in [-0.3, -0.25) is 9.78 Å². The second kappa shape index (κ2) is 6.58. The number of nitrogens with zero attached hydrogens (tertiary/aromatic N) is 1. The van der Waals surface area contributed by atoms with Crippen molar-refractivity contribution >= 4 is 51.0 Å². The molecule has 3 rings (SSSR count). The number of fused-ring (bicyclic) bond motifs is 1. The van der Waals surface area contributed by atoms with Crippen LogP contribution in [-0.2, 0) is 4.79 Å². The predicted octanol–water partition coefficient (Wildman–Crippen LogP) is 3.79. The molecule has 1 fully saturated rings. The quantitative estimate of drug-likeness (QED) is 0.735. The van der Waals surface area contributed by atoms with Crippen LogP contribution in [0.2, 0.25) is 5.02 Å². The van der Waals surface area contributed by atoms with E-state index in [4.69, 9.17) is 16.3 Å². The molecule has 1 aliphatic carbocycles. The maximum atomic E-state index is 12.0. The third-order valence-corrected chi connectivity index (χ3v) is 4.93. The van der Waals surface area contributed by atoms with Crippen molar-refractivity contribution in [2.45, 2.75) is 25.8 Å². The number of halogens is 2. The summed E-state index contributed by atoms with van der Waals surface area (Å²) < 4.78 is 6.57. The van der Waals surface area contributed by atoms with Gasteiger partial charge in [-0.15, -0.1) is 0 Å². The number of nitrogens with one attached hydrogen (secondary N) is 1. The van der Waals surface area contributed by atoms with Crippen molar-refractivity contribution in [3.05, 3.63) is 33.0 Å². The van der Waals surface area contributed by atoms with Crippen LogP contribution < -0.4 is 10.1 Å². The number of carbonyl (C=O) groups excluding carboxylic acids is 1. The minimum Gasteiger partial charge on any atom is -0.480 e. The fourth-order valence-corrected chi connectivity index (χ4v) is 3.60. The first-order valence-electron chi connectivity index (χ1n) is 7.21. The molecule has 1 unspecified atom stereocenters. The molecular formula is C16H16ClIN2O2. The maximum absolute atomic E-state index is 12.0. The molecule has 0 aliphatic heterocycles. The highest BCUT2D eigenvalue weighted by molar-refractivity contribution is 14.1. The maximum Gasteiger partial charge on any atom is 0.258 e. The van der Waals surface area contributed by atoms with Gasteiger partial charge in [0.2, 0.25) is 0 Å². The van der Waals surface area contributed by atoms with E-state index >= 15 is 0 Å². The Balaban J connectivity index is 1.74. The summed E-state index contributed by atoms with van der Waals surface area (Å²) in [5, 5.41) is 4.43. The summed E-state index contributed by atoms with van der Waals surface area (Å²) in [6, 6.07) is 5.76. The van der Waals surface area contributed by atoms with E-state index in [0.29, 0.717) is 22.2 Å². The smallest absolute Gasteiger partial charge is 0.258 e. The standard InChI is InChI=1S/C16H16ClIN2O2/c1-9(10-4-5-10)20-14(21)8-22-16-13(18)7-12(17)11-3-2-6-19-15(11)16/h2-3,6-7,9-10H,4-5,8H2,1H3,(H,20,21). The summed E-state index contributed by atoms with van der Waals surface area (Å²) in [4.78, 5) is 16.3. The summed E-state index contributed by atoms with van der Waals surface area (Å²) in [5.41, 5.74) is 0.683. The van der Waals surface area contributed by atoms with Crippen molar-refractivity contribution < 1.29 is 9.53 Å². The largest absolute Gasteiger partial charge is 0.480 e. The number of benzene rings is 1. The van der Waals surface area contributed by atoms with Gasteiger partial charge >= 0.3 is 0 Å². The van der Waals surface area contributed by atoms with Crippen LogP contribution in [0.1, 0.15) is 19.8 Å². The highest BCUT2D eigenvalue weighted by atomic mass is 127. The van der Waals surface area contributed by atoms with Crippen molar-refractivity contribution in [3.63, 3.8) is 0 Å². The summed E-state index contributed by atoms with van der Waals surface area (Å²) in [6.07, 6.45) is 4.09. The normalized spacial score (nSPS) is 15.6. The lowest BCUT2D eigenvalue weighted by atomic mass is 10.2. The third kappa shape index (κ3) is 3.46. The molecule has 1 N–H and O–H groups in total. The number of aromatic nitrogens is 1. The van der Waals surface area contributed by atoms with Crippen molar-refractivity contribution in [3.8, 4) is 5.75 Å².